The Morgan fingerprint density at radius 3 is 2.41 bits per heavy atom. The molecule has 0 aliphatic rings. The van der Waals surface area contributed by atoms with Crippen molar-refractivity contribution in [2.75, 3.05) is 4.72 Å². The summed E-state index contributed by atoms with van der Waals surface area (Å²) in [5.74, 6) is -1.29. The normalized spacial score (nSPS) is 11.3. The lowest BCUT2D eigenvalue weighted by Crippen LogP contribution is -2.26. The van der Waals surface area contributed by atoms with Crippen LogP contribution < -0.4 is 10.3 Å². The fraction of sp³-hybridized carbons (Fsp3) is 0.0476. The summed E-state index contributed by atoms with van der Waals surface area (Å²) in [6.45, 7) is -0.436. The van der Waals surface area contributed by atoms with Crippen LogP contribution in [0.2, 0.25) is 0 Å². The van der Waals surface area contributed by atoms with Crippen LogP contribution in [0.15, 0.2) is 82.5 Å². The first-order valence-electron chi connectivity index (χ1n) is 9.22. The molecule has 0 fully saturated rings. The zero-order chi connectivity index (χ0) is 22.7. The number of ether oxygens (including phenoxy) is 1. The third-order valence-electron chi connectivity index (χ3n) is 4.44. The van der Waals surface area contributed by atoms with Crippen molar-refractivity contribution in [3.8, 4) is 0 Å². The van der Waals surface area contributed by atoms with Gasteiger partial charge in [0, 0.05) is 5.69 Å². The van der Waals surface area contributed by atoms with E-state index in [4.69, 9.17) is 4.74 Å². The number of fused-ring (bicyclic) bond motifs is 1. The van der Waals surface area contributed by atoms with Crippen LogP contribution in [-0.4, -0.2) is 29.4 Å². The second-order valence-electron chi connectivity index (χ2n) is 6.61. The Balaban J connectivity index is 1.43. The first-order chi connectivity index (χ1) is 15.3. The van der Waals surface area contributed by atoms with Crippen LogP contribution in [0.1, 0.15) is 10.4 Å². The number of nitrogens with zero attached hydrogens (tertiary/aromatic N) is 3. The molecule has 0 radical (unpaired) electrons. The number of esters is 1. The lowest BCUT2D eigenvalue weighted by Gasteiger charge is -2.09. The molecule has 162 valence electrons. The Morgan fingerprint density at radius 2 is 1.69 bits per heavy atom. The van der Waals surface area contributed by atoms with E-state index in [0.29, 0.717) is 10.9 Å². The predicted octanol–water partition coefficient (Wildman–Crippen LogP) is 2.55. The van der Waals surface area contributed by atoms with E-state index >= 15 is 0 Å². The van der Waals surface area contributed by atoms with Gasteiger partial charge < -0.3 is 4.74 Å². The number of nitrogens with one attached hydrogen (secondary N) is 1. The standard InChI is InChI=1S/C21H15FN4O5S/c22-15-7-11-17(12-8-15)32(29,30)24-16-9-5-14(6-10-16)21(28)31-13-26-20(27)18-3-1-2-4-19(18)23-25-26/h1-12,24H,13H2. The highest BCUT2D eigenvalue weighted by molar-refractivity contribution is 7.92. The second kappa shape index (κ2) is 8.55. The van der Waals surface area contributed by atoms with Crippen LogP contribution in [0.4, 0.5) is 10.1 Å². The monoisotopic (exact) mass is 454 g/mol. The number of benzene rings is 3. The van der Waals surface area contributed by atoms with E-state index in [-0.39, 0.29) is 16.1 Å². The Labute approximate surface area is 181 Å². The van der Waals surface area contributed by atoms with Gasteiger partial charge in [-0.1, -0.05) is 17.3 Å². The molecule has 4 rings (SSSR count). The SMILES string of the molecule is O=C(OCn1nnc2ccccc2c1=O)c1ccc(NS(=O)(=O)c2ccc(F)cc2)cc1. The molecule has 0 atom stereocenters. The van der Waals surface area contributed by atoms with Gasteiger partial charge in [-0.3, -0.25) is 9.52 Å². The van der Waals surface area contributed by atoms with E-state index in [1.807, 2.05) is 0 Å². The molecule has 1 heterocycles. The fourth-order valence-electron chi connectivity index (χ4n) is 2.81. The third-order valence-corrected chi connectivity index (χ3v) is 5.84. The third kappa shape index (κ3) is 4.47. The van der Waals surface area contributed by atoms with Gasteiger partial charge in [0.25, 0.3) is 15.6 Å². The Kier molecular flexibility index (Phi) is 5.65. The molecule has 0 saturated carbocycles. The van der Waals surface area contributed by atoms with Crippen molar-refractivity contribution in [1.82, 2.24) is 15.0 Å². The average molecular weight is 454 g/mol. The summed E-state index contributed by atoms with van der Waals surface area (Å²) in [6, 6.07) is 16.5. The van der Waals surface area contributed by atoms with Gasteiger partial charge in [0.15, 0.2) is 6.73 Å². The van der Waals surface area contributed by atoms with Crippen LogP contribution in [-0.2, 0) is 21.5 Å². The van der Waals surface area contributed by atoms with E-state index < -0.39 is 34.1 Å². The molecule has 11 heteroatoms. The molecule has 1 N–H and O–H groups in total. The lowest BCUT2D eigenvalue weighted by atomic mass is 10.2. The summed E-state index contributed by atoms with van der Waals surface area (Å²) < 4.78 is 46.1. The quantitative estimate of drug-likeness (QED) is 0.445. The van der Waals surface area contributed by atoms with Crippen molar-refractivity contribution in [3.05, 3.63) is 94.5 Å². The molecule has 0 spiro atoms. The van der Waals surface area contributed by atoms with E-state index in [1.54, 1.807) is 24.3 Å². The first kappa shape index (κ1) is 21.1. The van der Waals surface area contributed by atoms with Gasteiger partial charge in [0.2, 0.25) is 0 Å². The lowest BCUT2D eigenvalue weighted by molar-refractivity contribution is 0.0336. The molecular formula is C21H15FN4O5S. The number of sulfonamides is 1. The molecule has 3 aromatic carbocycles. The summed E-state index contributed by atoms with van der Waals surface area (Å²) in [4.78, 5) is 24.5. The molecule has 0 unspecified atom stereocenters. The van der Waals surface area contributed by atoms with Gasteiger partial charge in [-0.25, -0.2) is 17.6 Å². The van der Waals surface area contributed by atoms with Gasteiger partial charge in [-0.2, -0.15) is 4.68 Å². The first-order valence-corrected chi connectivity index (χ1v) is 10.7. The highest BCUT2D eigenvalue weighted by atomic mass is 32.2. The van der Waals surface area contributed by atoms with Crippen LogP contribution >= 0.6 is 0 Å². The summed E-state index contributed by atoms with van der Waals surface area (Å²) in [6.07, 6.45) is 0. The van der Waals surface area contributed by atoms with Crippen molar-refractivity contribution in [2.24, 2.45) is 0 Å². The van der Waals surface area contributed by atoms with Crippen molar-refractivity contribution >= 4 is 32.6 Å². The Bertz CT molecular complexity index is 1450. The minimum atomic E-state index is -3.92. The minimum absolute atomic E-state index is 0.107. The molecule has 32 heavy (non-hydrogen) atoms. The zero-order valence-electron chi connectivity index (χ0n) is 16.3. The molecule has 9 nitrogen and oxygen atoms in total. The van der Waals surface area contributed by atoms with Crippen molar-refractivity contribution in [2.45, 2.75) is 11.6 Å². The summed E-state index contributed by atoms with van der Waals surface area (Å²) >= 11 is 0. The molecule has 0 aliphatic heterocycles. The maximum absolute atomic E-state index is 13.0. The second-order valence-corrected chi connectivity index (χ2v) is 8.29. The topological polar surface area (TPSA) is 120 Å². The number of aromatic nitrogens is 3. The van der Waals surface area contributed by atoms with Gasteiger partial charge in [-0.15, -0.1) is 5.10 Å². The number of carbonyl (C=O) groups excluding carboxylic acids is 1. The molecule has 1 aromatic heterocycles. The number of hydrogen-bond acceptors (Lipinski definition) is 7. The minimum Gasteiger partial charge on any atom is -0.439 e. The Hall–Kier alpha value is -4.12. The van der Waals surface area contributed by atoms with Gasteiger partial charge in [0.1, 0.15) is 11.3 Å². The predicted molar refractivity (Wildman–Crippen MR) is 113 cm³/mol. The van der Waals surface area contributed by atoms with E-state index in [0.717, 1.165) is 28.9 Å². The largest absolute Gasteiger partial charge is 0.439 e. The van der Waals surface area contributed by atoms with Crippen LogP contribution in [0.5, 0.6) is 0 Å². The van der Waals surface area contributed by atoms with Crippen LogP contribution in [0.3, 0.4) is 0 Å². The highest BCUT2D eigenvalue weighted by Crippen LogP contribution is 2.17. The van der Waals surface area contributed by atoms with E-state index in [1.165, 1.54) is 24.3 Å². The molecule has 0 aliphatic carbocycles. The van der Waals surface area contributed by atoms with Crippen molar-refractivity contribution in [3.63, 3.8) is 0 Å². The van der Waals surface area contributed by atoms with Crippen molar-refractivity contribution in [1.29, 1.82) is 0 Å². The van der Waals surface area contributed by atoms with Gasteiger partial charge >= 0.3 is 5.97 Å². The molecule has 0 amide bonds. The highest BCUT2D eigenvalue weighted by Gasteiger charge is 2.15. The van der Waals surface area contributed by atoms with Gasteiger partial charge in [0.05, 0.1) is 15.8 Å². The number of carbonyl (C=O) groups is 1. The van der Waals surface area contributed by atoms with Crippen LogP contribution in [0, 0.1) is 5.82 Å². The number of rotatable bonds is 6. The summed E-state index contributed by atoms with van der Waals surface area (Å²) in [5, 5.41) is 7.99. The smallest absolute Gasteiger partial charge is 0.339 e. The van der Waals surface area contributed by atoms with E-state index in [2.05, 4.69) is 15.0 Å². The number of halogens is 1. The average Bonchev–Trinajstić information content (AvgIpc) is 2.79. The van der Waals surface area contributed by atoms with Crippen molar-refractivity contribution < 1.29 is 22.3 Å². The molecule has 0 bridgehead atoms. The number of hydrogen-bond donors (Lipinski definition) is 1. The summed E-state index contributed by atoms with van der Waals surface area (Å²) in [5.41, 5.74) is 0.312. The summed E-state index contributed by atoms with van der Waals surface area (Å²) in [7, 11) is -3.92. The van der Waals surface area contributed by atoms with Gasteiger partial charge in [-0.05, 0) is 60.7 Å². The number of anilines is 1. The molecular weight excluding hydrogens is 439 g/mol. The zero-order valence-corrected chi connectivity index (χ0v) is 17.1. The molecule has 4 aromatic rings. The fourth-order valence-corrected chi connectivity index (χ4v) is 3.87. The maximum Gasteiger partial charge on any atom is 0.339 e. The molecule has 0 saturated heterocycles. The van der Waals surface area contributed by atoms with E-state index in [9.17, 15) is 22.4 Å². The maximum atomic E-state index is 13.0. The van der Waals surface area contributed by atoms with Crippen LogP contribution in [0.25, 0.3) is 10.9 Å². The Morgan fingerprint density at radius 1 is 1.00 bits per heavy atom.